The van der Waals surface area contributed by atoms with Crippen LogP contribution in [-0.4, -0.2) is 6.10 Å². The van der Waals surface area contributed by atoms with Gasteiger partial charge >= 0.3 is 0 Å². The van der Waals surface area contributed by atoms with Gasteiger partial charge in [-0.25, -0.2) is 0 Å². The van der Waals surface area contributed by atoms with Crippen LogP contribution in [0.5, 0.6) is 5.75 Å². The van der Waals surface area contributed by atoms with Gasteiger partial charge in [-0.1, -0.05) is 25.5 Å². The number of hydrogen-bond donors (Lipinski definition) is 0. The molecule has 0 spiro atoms. The summed E-state index contributed by atoms with van der Waals surface area (Å²) in [7, 11) is 0. The third-order valence-corrected chi connectivity index (χ3v) is 2.37. The smallest absolute Gasteiger partial charge is 0.120 e. The van der Waals surface area contributed by atoms with Gasteiger partial charge in [0.15, 0.2) is 0 Å². The lowest BCUT2D eigenvalue weighted by Crippen LogP contribution is -2.06. The molecule has 0 aliphatic carbocycles. The van der Waals surface area contributed by atoms with E-state index in [0.29, 0.717) is 0 Å². The van der Waals surface area contributed by atoms with Crippen LogP contribution in [0.4, 0.5) is 0 Å². The normalized spacial score (nSPS) is 12.2. The Labute approximate surface area is 97.9 Å². The fourth-order valence-corrected chi connectivity index (χ4v) is 1.67. The summed E-state index contributed by atoms with van der Waals surface area (Å²) in [6.45, 7) is 6.10. The molecule has 0 fully saturated rings. The quantitative estimate of drug-likeness (QED) is 0.749. The molecular weight excluding hydrogens is 198 g/mol. The Morgan fingerprint density at radius 3 is 2.69 bits per heavy atom. The van der Waals surface area contributed by atoms with Gasteiger partial charge in [-0.05, 0) is 38.0 Å². The zero-order valence-electron chi connectivity index (χ0n) is 10.2. The number of nitrogens with zero attached hydrogens (tertiary/aromatic N) is 1. The third kappa shape index (κ3) is 3.58. The summed E-state index contributed by atoms with van der Waals surface area (Å²) < 4.78 is 5.62. The first-order valence-electron chi connectivity index (χ1n) is 5.83. The zero-order valence-corrected chi connectivity index (χ0v) is 10.2. The highest BCUT2D eigenvalue weighted by atomic mass is 16.5. The standard InChI is InChI=1S/C14H19NO/c1-4-6-13(10-15)12-7-5-8-14(9-12)16-11(2)3/h5,7-9,11,13H,4,6H2,1-3H3. The second kappa shape index (κ2) is 6.17. The lowest BCUT2D eigenvalue weighted by molar-refractivity contribution is 0.242. The Kier molecular flexibility index (Phi) is 4.85. The molecule has 0 aliphatic rings. The van der Waals surface area contributed by atoms with Crippen LogP contribution in [-0.2, 0) is 0 Å². The van der Waals surface area contributed by atoms with E-state index < -0.39 is 0 Å². The van der Waals surface area contributed by atoms with Gasteiger partial charge in [0.25, 0.3) is 0 Å². The largest absolute Gasteiger partial charge is 0.491 e. The number of benzene rings is 1. The van der Waals surface area contributed by atoms with E-state index in [-0.39, 0.29) is 12.0 Å². The fraction of sp³-hybridized carbons (Fsp3) is 0.500. The van der Waals surface area contributed by atoms with Gasteiger partial charge in [-0.2, -0.15) is 5.26 Å². The maximum Gasteiger partial charge on any atom is 0.120 e. The molecule has 2 heteroatoms. The van der Waals surface area contributed by atoms with Crippen molar-refractivity contribution in [3.05, 3.63) is 29.8 Å². The Morgan fingerprint density at radius 1 is 1.38 bits per heavy atom. The molecule has 16 heavy (non-hydrogen) atoms. The SMILES string of the molecule is CCCC(C#N)c1cccc(OC(C)C)c1. The first-order valence-corrected chi connectivity index (χ1v) is 5.83. The Bertz CT molecular complexity index is 365. The zero-order chi connectivity index (χ0) is 12.0. The van der Waals surface area contributed by atoms with Crippen molar-refractivity contribution in [3.8, 4) is 11.8 Å². The summed E-state index contributed by atoms with van der Waals surface area (Å²) in [6.07, 6.45) is 2.09. The maximum atomic E-state index is 9.09. The predicted molar refractivity (Wildman–Crippen MR) is 65.5 cm³/mol. The van der Waals surface area contributed by atoms with Gasteiger partial charge in [-0.15, -0.1) is 0 Å². The second-order valence-corrected chi connectivity index (χ2v) is 4.21. The van der Waals surface area contributed by atoms with Gasteiger partial charge in [0.1, 0.15) is 5.75 Å². The average Bonchev–Trinajstić information content (AvgIpc) is 2.25. The molecule has 0 amide bonds. The van der Waals surface area contributed by atoms with Crippen LogP contribution >= 0.6 is 0 Å². The van der Waals surface area contributed by atoms with Crippen LogP contribution in [0.15, 0.2) is 24.3 Å². The summed E-state index contributed by atoms with van der Waals surface area (Å²) in [5.41, 5.74) is 1.06. The molecule has 0 aliphatic heterocycles. The van der Waals surface area contributed by atoms with Gasteiger partial charge in [0.2, 0.25) is 0 Å². The molecule has 1 unspecified atom stereocenters. The van der Waals surface area contributed by atoms with Crippen LogP contribution in [0.2, 0.25) is 0 Å². The summed E-state index contributed by atoms with van der Waals surface area (Å²) in [6, 6.07) is 10.2. The van der Waals surface area contributed by atoms with Crippen molar-refractivity contribution in [1.82, 2.24) is 0 Å². The van der Waals surface area contributed by atoms with E-state index in [0.717, 1.165) is 24.2 Å². The van der Waals surface area contributed by atoms with E-state index in [9.17, 15) is 0 Å². The summed E-state index contributed by atoms with van der Waals surface area (Å²) >= 11 is 0. The Balaban J connectivity index is 2.84. The van der Waals surface area contributed by atoms with E-state index in [1.54, 1.807) is 0 Å². The van der Waals surface area contributed by atoms with Crippen molar-refractivity contribution in [2.24, 2.45) is 0 Å². The molecule has 86 valence electrons. The summed E-state index contributed by atoms with van der Waals surface area (Å²) in [5.74, 6) is 0.838. The van der Waals surface area contributed by atoms with Crippen LogP contribution in [0.3, 0.4) is 0 Å². The first kappa shape index (κ1) is 12.6. The molecule has 0 heterocycles. The maximum absolute atomic E-state index is 9.09. The van der Waals surface area contributed by atoms with E-state index >= 15 is 0 Å². The van der Waals surface area contributed by atoms with Crippen LogP contribution in [0, 0.1) is 11.3 Å². The predicted octanol–water partition coefficient (Wildman–Crippen LogP) is 3.88. The van der Waals surface area contributed by atoms with Crippen LogP contribution in [0.1, 0.15) is 45.1 Å². The molecule has 1 aromatic rings. The lowest BCUT2D eigenvalue weighted by Gasteiger charge is -2.13. The Morgan fingerprint density at radius 2 is 2.12 bits per heavy atom. The highest BCUT2D eigenvalue weighted by molar-refractivity contribution is 5.33. The highest BCUT2D eigenvalue weighted by Crippen LogP contribution is 2.24. The minimum Gasteiger partial charge on any atom is -0.491 e. The molecule has 1 rings (SSSR count). The molecule has 0 saturated heterocycles. The fourth-order valence-electron chi connectivity index (χ4n) is 1.67. The molecule has 1 aromatic carbocycles. The van der Waals surface area contributed by atoms with Crippen molar-refractivity contribution in [3.63, 3.8) is 0 Å². The minimum absolute atomic E-state index is 0.0132. The average molecular weight is 217 g/mol. The molecule has 0 radical (unpaired) electrons. The molecule has 0 aromatic heterocycles. The van der Waals surface area contributed by atoms with Crippen molar-refractivity contribution < 1.29 is 4.74 Å². The molecule has 2 nitrogen and oxygen atoms in total. The van der Waals surface area contributed by atoms with Crippen LogP contribution in [0.25, 0.3) is 0 Å². The minimum atomic E-state index is -0.0132. The number of nitriles is 1. The molecule has 0 bridgehead atoms. The van der Waals surface area contributed by atoms with Gasteiger partial charge in [0, 0.05) is 0 Å². The third-order valence-electron chi connectivity index (χ3n) is 2.37. The van der Waals surface area contributed by atoms with Crippen LogP contribution < -0.4 is 4.74 Å². The number of ether oxygens (including phenoxy) is 1. The van der Waals surface area contributed by atoms with Gasteiger partial charge in [0.05, 0.1) is 18.1 Å². The second-order valence-electron chi connectivity index (χ2n) is 4.21. The lowest BCUT2D eigenvalue weighted by atomic mass is 9.96. The molecule has 0 saturated carbocycles. The summed E-state index contributed by atoms with van der Waals surface area (Å²) in [5, 5.41) is 9.09. The molecular formula is C14H19NO. The molecule has 1 atom stereocenters. The van der Waals surface area contributed by atoms with Gasteiger partial charge in [-0.3, -0.25) is 0 Å². The van der Waals surface area contributed by atoms with E-state index in [2.05, 4.69) is 13.0 Å². The van der Waals surface area contributed by atoms with Gasteiger partial charge < -0.3 is 4.74 Å². The molecule has 0 N–H and O–H groups in total. The van der Waals surface area contributed by atoms with E-state index in [1.165, 1.54) is 0 Å². The summed E-state index contributed by atoms with van der Waals surface area (Å²) in [4.78, 5) is 0. The topological polar surface area (TPSA) is 33.0 Å². The highest BCUT2D eigenvalue weighted by Gasteiger charge is 2.10. The van der Waals surface area contributed by atoms with E-state index in [4.69, 9.17) is 10.00 Å². The van der Waals surface area contributed by atoms with Crippen molar-refractivity contribution >= 4 is 0 Å². The van der Waals surface area contributed by atoms with Crippen molar-refractivity contribution in [2.45, 2.75) is 45.6 Å². The van der Waals surface area contributed by atoms with Crippen molar-refractivity contribution in [1.29, 1.82) is 5.26 Å². The van der Waals surface area contributed by atoms with E-state index in [1.807, 2.05) is 38.1 Å². The monoisotopic (exact) mass is 217 g/mol. The van der Waals surface area contributed by atoms with Crippen molar-refractivity contribution in [2.75, 3.05) is 0 Å². The number of hydrogen-bond acceptors (Lipinski definition) is 2. The first-order chi connectivity index (χ1) is 7.67. The number of rotatable bonds is 5. The Hall–Kier alpha value is -1.49.